The molecule has 0 saturated heterocycles. The molecule has 132 valence electrons. The molecule has 24 heavy (non-hydrogen) atoms. The molecule has 1 amide bonds. The first-order chi connectivity index (χ1) is 11.4. The smallest absolute Gasteiger partial charge is 0.307 e. The van der Waals surface area contributed by atoms with Crippen molar-refractivity contribution in [3.63, 3.8) is 0 Å². The Kier molecular flexibility index (Phi) is 8.71. The zero-order chi connectivity index (χ0) is 17.9. The molecule has 0 aliphatic rings. The van der Waals surface area contributed by atoms with E-state index in [9.17, 15) is 14.0 Å². The largest absolute Gasteiger partial charge is 0.469 e. The number of ether oxygens (including phenoxy) is 1. The predicted molar refractivity (Wildman–Crippen MR) is 91.8 cm³/mol. The monoisotopic (exact) mass is 336 g/mol. The number of carbonyl (C=O) groups excluding carboxylic acids is 2. The van der Waals surface area contributed by atoms with Crippen molar-refractivity contribution in [2.24, 2.45) is 0 Å². The summed E-state index contributed by atoms with van der Waals surface area (Å²) in [5.74, 6) is -0.841. The van der Waals surface area contributed by atoms with Crippen molar-refractivity contribution in [3.05, 3.63) is 41.7 Å². The number of nitrogens with zero attached hydrogens (tertiary/aromatic N) is 2. The van der Waals surface area contributed by atoms with Gasteiger partial charge in [0.2, 0.25) is 5.91 Å². The summed E-state index contributed by atoms with van der Waals surface area (Å²) in [6, 6.07) is 5.89. The van der Waals surface area contributed by atoms with Gasteiger partial charge in [0.15, 0.2) is 0 Å². The van der Waals surface area contributed by atoms with E-state index < -0.39 is 0 Å². The van der Waals surface area contributed by atoms with E-state index in [1.165, 1.54) is 25.3 Å². The summed E-state index contributed by atoms with van der Waals surface area (Å²) in [6.07, 6.45) is 4.05. The molecule has 0 aliphatic carbocycles. The maximum absolute atomic E-state index is 12.9. The minimum absolute atomic E-state index is 0.161. The summed E-state index contributed by atoms with van der Waals surface area (Å²) in [6.45, 7) is 1.72. The number of hydrogen-bond donors (Lipinski definition) is 0. The van der Waals surface area contributed by atoms with E-state index in [1.54, 1.807) is 23.1 Å². The summed E-state index contributed by atoms with van der Waals surface area (Å²) >= 11 is 0. The van der Waals surface area contributed by atoms with Crippen molar-refractivity contribution in [2.75, 3.05) is 40.8 Å². The summed E-state index contributed by atoms with van der Waals surface area (Å²) in [5, 5.41) is 0. The van der Waals surface area contributed by atoms with Crippen LogP contribution < -0.4 is 0 Å². The molecule has 1 aromatic rings. The van der Waals surface area contributed by atoms with Crippen molar-refractivity contribution >= 4 is 18.0 Å². The zero-order valence-corrected chi connectivity index (χ0v) is 14.5. The van der Waals surface area contributed by atoms with Gasteiger partial charge in [-0.3, -0.25) is 9.59 Å². The van der Waals surface area contributed by atoms with E-state index in [-0.39, 0.29) is 24.1 Å². The highest BCUT2D eigenvalue weighted by Gasteiger charge is 2.13. The predicted octanol–water partition coefficient (Wildman–Crippen LogP) is 2.18. The second-order valence-electron chi connectivity index (χ2n) is 5.69. The lowest BCUT2D eigenvalue weighted by molar-refractivity contribution is -0.141. The minimum Gasteiger partial charge on any atom is -0.469 e. The third-order valence-corrected chi connectivity index (χ3v) is 3.45. The van der Waals surface area contributed by atoms with Gasteiger partial charge in [-0.05, 0) is 50.8 Å². The lowest BCUT2D eigenvalue weighted by atomic mass is 10.2. The quantitative estimate of drug-likeness (QED) is 0.512. The molecule has 0 bridgehead atoms. The van der Waals surface area contributed by atoms with Gasteiger partial charge in [-0.2, -0.15) is 0 Å². The van der Waals surface area contributed by atoms with Gasteiger partial charge >= 0.3 is 5.97 Å². The van der Waals surface area contributed by atoms with Crippen LogP contribution in [-0.2, 0) is 14.3 Å². The van der Waals surface area contributed by atoms with Gasteiger partial charge < -0.3 is 14.5 Å². The van der Waals surface area contributed by atoms with Crippen LogP contribution in [0.4, 0.5) is 4.39 Å². The average Bonchev–Trinajstić information content (AvgIpc) is 2.56. The molecule has 0 aliphatic heterocycles. The van der Waals surface area contributed by atoms with Crippen molar-refractivity contribution < 1.29 is 18.7 Å². The Balaban J connectivity index is 2.66. The molecular weight excluding hydrogens is 311 g/mol. The van der Waals surface area contributed by atoms with Gasteiger partial charge in [0.1, 0.15) is 5.82 Å². The van der Waals surface area contributed by atoms with E-state index in [1.807, 2.05) is 19.0 Å². The van der Waals surface area contributed by atoms with Crippen LogP contribution in [0.15, 0.2) is 30.3 Å². The third kappa shape index (κ3) is 7.87. The van der Waals surface area contributed by atoms with Crippen LogP contribution in [0.2, 0.25) is 0 Å². The molecule has 0 spiro atoms. The highest BCUT2D eigenvalue weighted by Crippen LogP contribution is 2.06. The van der Waals surface area contributed by atoms with Crippen LogP contribution in [0, 0.1) is 5.82 Å². The number of methoxy groups -OCH3 is 1. The van der Waals surface area contributed by atoms with E-state index in [0.717, 1.165) is 18.5 Å². The number of halogens is 1. The molecule has 0 N–H and O–H groups in total. The molecule has 0 radical (unpaired) electrons. The first-order valence-electron chi connectivity index (χ1n) is 7.86. The zero-order valence-electron chi connectivity index (χ0n) is 14.5. The minimum atomic E-state index is -0.345. The van der Waals surface area contributed by atoms with Crippen molar-refractivity contribution in [1.29, 1.82) is 0 Å². The average molecular weight is 336 g/mol. The Bertz CT molecular complexity index is 556. The first-order valence-corrected chi connectivity index (χ1v) is 7.86. The van der Waals surface area contributed by atoms with Crippen molar-refractivity contribution in [2.45, 2.75) is 12.8 Å². The number of amides is 1. The molecule has 0 atom stereocenters. The van der Waals surface area contributed by atoms with Crippen LogP contribution in [0.3, 0.4) is 0 Å². The Morgan fingerprint density at radius 2 is 1.79 bits per heavy atom. The molecule has 6 heteroatoms. The second kappa shape index (κ2) is 10.5. The maximum atomic E-state index is 12.9. The number of esters is 1. The summed E-state index contributed by atoms with van der Waals surface area (Å²) < 4.78 is 17.5. The topological polar surface area (TPSA) is 49.9 Å². The van der Waals surface area contributed by atoms with E-state index in [0.29, 0.717) is 13.1 Å². The van der Waals surface area contributed by atoms with Crippen LogP contribution in [0.5, 0.6) is 0 Å². The van der Waals surface area contributed by atoms with Crippen LogP contribution >= 0.6 is 0 Å². The number of hydrogen-bond acceptors (Lipinski definition) is 4. The van der Waals surface area contributed by atoms with Gasteiger partial charge in [-0.25, -0.2) is 4.39 Å². The molecule has 0 aromatic heterocycles. The van der Waals surface area contributed by atoms with Gasteiger partial charge in [-0.15, -0.1) is 0 Å². The molecule has 0 fully saturated rings. The fourth-order valence-corrected chi connectivity index (χ4v) is 2.09. The van der Waals surface area contributed by atoms with E-state index in [4.69, 9.17) is 0 Å². The van der Waals surface area contributed by atoms with Gasteiger partial charge in [-0.1, -0.05) is 12.1 Å². The van der Waals surface area contributed by atoms with Gasteiger partial charge in [0.25, 0.3) is 0 Å². The molecule has 1 rings (SSSR count). The maximum Gasteiger partial charge on any atom is 0.307 e. The van der Waals surface area contributed by atoms with E-state index >= 15 is 0 Å². The third-order valence-electron chi connectivity index (χ3n) is 3.45. The summed E-state index contributed by atoms with van der Waals surface area (Å²) in [5.41, 5.74) is 0.742. The Morgan fingerprint density at radius 3 is 2.38 bits per heavy atom. The number of benzene rings is 1. The molecule has 0 heterocycles. The summed E-state index contributed by atoms with van der Waals surface area (Å²) in [4.78, 5) is 27.3. The molecule has 0 unspecified atom stereocenters. The fraction of sp³-hybridized carbons (Fsp3) is 0.444. The van der Waals surface area contributed by atoms with Crippen LogP contribution in [0.1, 0.15) is 18.4 Å². The standard InChI is InChI=1S/C18H25FN2O3/c1-20(2)12-4-13-21(14-11-18(23)24-3)17(22)10-7-15-5-8-16(19)9-6-15/h5-10H,4,11-14H2,1-3H3/b10-7+. The molecule has 1 aromatic carbocycles. The molecular formula is C18H25FN2O3. The normalized spacial score (nSPS) is 11.0. The lowest BCUT2D eigenvalue weighted by Gasteiger charge is -2.21. The van der Waals surface area contributed by atoms with Gasteiger partial charge in [0.05, 0.1) is 13.5 Å². The summed E-state index contributed by atoms with van der Waals surface area (Å²) in [7, 11) is 5.26. The lowest BCUT2D eigenvalue weighted by Crippen LogP contribution is -2.34. The molecule has 5 nitrogen and oxygen atoms in total. The number of carbonyl (C=O) groups is 2. The first kappa shape index (κ1) is 19.8. The van der Waals surface area contributed by atoms with Gasteiger partial charge in [0, 0.05) is 19.2 Å². The fourth-order valence-electron chi connectivity index (χ4n) is 2.09. The second-order valence-corrected chi connectivity index (χ2v) is 5.69. The SMILES string of the molecule is COC(=O)CCN(CCCN(C)C)C(=O)/C=C/c1ccc(F)cc1. The van der Waals surface area contributed by atoms with Crippen LogP contribution in [-0.4, -0.2) is 62.5 Å². The van der Waals surface area contributed by atoms with Crippen LogP contribution in [0.25, 0.3) is 6.08 Å². The van der Waals surface area contributed by atoms with Crippen molar-refractivity contribution in [3.8, 4) is 0 Å². The Labute approximate surface area is 142 Å². The molecule has 0 saturated carbocycles. The highest BCUT2D eigenvalue weighted by atomic mass is 19.1. The Hall–Kier alpha value is -2.21. The van der Waals surface area contributed by atoms with Crippen molar-refractivity contribution in [1.82, 2.24) is 9.80 Å². The Morgan fingerprint density at radius 1 is 1.12 bits per heavy atom. The number of rotatable bonds is 9. The highest BCUT2D eigenvalue weighted by molar-refractivity contribution is 5.92. The van der Waals surface area contributed by atoms with E-state index in [2.05, 4.69) is 4.74 Å².